The van der Waals surface area contributed by atoms with Crippen LogP contribution in [0, 0.1) is 12.7 Å². The summed E-state index contributed by atoms with van der Waals surface area (Å²) in [5.41, 5.74) is 0.780. The lowest BCUT2D eigenvalue weighted by Gasteiger charge is -2.23. The molecule has 0 N–H and O–H groups in total. The summed E-state index contributed by atoms with van der Waals surface area (Å²) in [6, 6.07) is 12.6. The molecule has 4 rings (SSSR count). The lowest BCUT2D eigenvalue weighted by atomic mass is 10.1. The Hall–Kier alpha value is -2.70. The number of hydrogen-bond acceptors (Lipinski definition) is 3. The van der Waals surface area contributed by atoms with Crippen molar-refractivity contribution in [2.24, 2.45) is 0 Å². The maximum absolute atomic E-state index is 14.3. The van der Waals surface area contributed by atoms with Crippen LogP contribution in [-0.2, 0) is 6.54 Å². The fraction of sp³-hybridized carbons (Fsp3) is 0.227. The molecule has 0 spiro atoms. The quantitative estimate of drug-likeness (QED) is 0.566. The fourth-order valence-corrected chi connectivity index (χ4v) is 3.63. The Bertz CT molecular complexity index is 1150. The van der Waals surface area contributed by atoms with Gasteiger partial charge in [0.05, 0.1) is 12.2 Å². The zero-order chi connectivity index (χ0) is 21.4. The number of carbonyl (C=O) groups is 1. The lowest BCUT2D eigenvalue weighted by Crippen LogP contribution is -2.37. The van der Waals surface area contributed by atoms with Crippen molar-refractivity contribution < 1.29 is 9.18 Å². The van der Waals surface area contributed by atoms with Crippen molar-refractivity contribution in [2.75, 3.05) is 0 Å². The molecule has 3 aromatic rings. The standard InChI is InChI=1S/C22H18Cl2FN3O2/c1-13-11-20(29)21(26-28(13)16-7-5-14(23)6-8-16)22(30)27(15-9-10-15)12-17-18(24)3-2-4-19(17)25/h2-8,11,15H,9-10,12H2,1H3. The highest BCUT2D eigenvalue weighted by atomic mass is 35.5. The monoisotopic (exact) mass is 445 g/mol. The molecule has 1 aliphatic rings. The summed E-state index contributed by atoms with van der Waals surface area (Å²) in [6.07, 6.45) is 1.57. The van der Waals surface area contributed by atoms with E-state index in [0.717, 1.165) is 12.8 Å². The average Bonchev–Trinajstić information content (AvgIpc) is 3.53. The Balaban J connectivity index is 1.73. The molecule has 154 valence electrons. The summed E-state index contributed by atoms with van der Waals surface area (Å²) in [4.78, 5) is 27.4. The van der Waals surface area contributed by atoms with Gasteiger partial charge in [-0.15, -0.1) is 0 Å². The maximum atomic E-state index is 14.3. The third kappa shape index (κ3) is 4.11. The van der Waals surface area contributed by atoms with Crippen LogP contribution in [0.15, 0.2) is 53.3 Å². The molecule has 0 atom stereocenters. The molecule has 30 heavy (non-hydrogen) atoms. The van der Waals surface area contributed by atoms with Crippen LogP contribution in [0.1, 0.15) is 34.6 Å². The summed E-state index contributed by atoms with van der Waals surface area (Å²) in [5, 5.41) is 5.14. The van der Waals surface area contributed by atoms with Gasteiger partial charge in [-0.3, -0.25) is 9.59 Å². The maximum Gasteiger partial charge on any atom is 0.278 e. The highest BCUT2D eigenvalue weighted by Crippen LogP contribution is 2.31. The Kier molecular flexibility index (Phi) is 5.62. The normalized spacial score (nSPS) is 13.3. The first-order valence-corrected chi connectivity index (χ1v) is 10.2. The minimum absolute atomic E-state index is 0.0229. The van der Waals surface area contributed by atoms with E-state index >= 15 is 0 Å². The molecular formula is C22H18Cl2FN3O2. The van der Waals surface area contributed by atoms with E-state index in [-0.39, 0.29) is 28.9 Å². The topological polar surface area (TPSA) is 55.2 Å². The number of amides is 1. The predicted octanol–water partition coefficient (Wildman–Crippen LogP) is 4.79. The average molecular weight is 446 g/mol. The molecule has 0 saturated heterocycles. The van der Waals surface area contributed by atoms with Crippen molar-refractivity contribution in [3.63, 3.8) is 0 Å². The molecular weight excluding hydrogens is 428 g/mol. The van der Waals surface area contributed by atoms with Crippen LogP contribution >= 0.6 is 23.2 Å². The van der Waals surface area contributed by atoms with Crippen molar-refractivity contribution in [1.29, 1.82) is 0 Å². The molecule has 5 nitrogen and oxygen atoms in total. The third-order valence-electron chi connectivity index (χ3n) is 5.02. The minimum Gasteiger partial charge on any atom is -0.330 e. The molecule has 0 unspecified atom stereocenters. The number of carbonyl (C=O) groups excluding carboxylic acids is 1. The largest absolute Gasteiger partial charge is 0.330 e. The summed E-state index contributed by atoms with van der Waals surface area (Å²) in [5.74, 6) is -1.03. The molecule has 1 aliphatic carbocycles. The van der Waals surface area contributed by atoms with Crippen molar-refractivity contribution >= 4 is 29.1 Å². The lowest BCUT2D eigenvalue weighted by molar-refractivity contribution is 0.0719. The van der Waals surface area contributed by atoms with Crippen LogP contribution in [0.5, 0.6) is 0 Å². The van der Waals surface area contributed by atoms with Crippen molar-refractivity contribution in [3.05, 3.63) is 91.6 Å². The van der Waals surface area contributed by atoms with Gasteiger partial charge >= 0.3 is 0 Å². The minimum atomic E-state index is -0.537. The first kappa shape index (κ1) is 20.6. The van der Waals surface area contributed by atoms with Gasteiger partial charge in [0.1, 0.15) is 5.82 Å². The van der Waals surface area contributed by atoms with E-state index in [9.17, 15) is 14.0 Å². The molecule has 1 fully saturated rings. The van der Waals surface area contributed by atoms with E-state index in [0.29, 0.717) is 16.4 Å². The Morgan fingerprint density at radius 3 is 2.53 bits per heavy atom. The van der Waals surface area contributed by atoms with E-state index in [1.54, 1.807) is 37.3 Å². The van der Waals surface area contributed by atoms with Gasteiger partial charge in [-0.1, -0.05) is 29.3 Å². The van der Waals surface area contributed by atoms with E-state index in [1.165, 1.54) is 27.8 Å². The van der Waals surface area contributed by atoms with Gasteiger partial charge in [-0.05, 0) is 56.2 Å². The van der Waals surface area contributed by atoms with Gasteiger partial charge in [0.25, 0.3) is 5.91 Å². The zero-order valence-corrected chi connectivity index (χ0v) is 17.6. The van der Waals surface area contributed by atoms with Crippen LogP contribution in [0.2, 0.25) is 10.0 Å². The molecule has 0 radical (unpaired) electrons. The number of rotatable bonds is 5. The van der Waals surface area contributed by atoms with Crippen LogP contribution in [-0.4, -0.2) is 26.6 Å². The van der Waals surface area contributed by atoms with Crippen LogP contribution in [0.4, 0.5) is 4.39 Å². The second-order valence-electron chi connectivity index (χ2n) is 7.25. The van der Waals surface area contributed by atoms with Gasteiger partial charge in [0.2, 0.25) is 5.43 Å². The SMILES string of the molecule is Cc1cc(=O)c(C(=O)N(Cc2c(F)cccc2Cl)C2CC2)nn1-c1ccc(Cl)cc1. The number of aryl methyl sites for hydroxylation is 1. The number of nitrogens with zero attached hydrogens (tertiary/aromatic N) is 3. The van der Waals surface area contributed by atoms with Crippen molar-refractivity contribution in [2.45, 2.75) is 32.4 Å². The van der Waals surface area contributed by atoms with E-state index in [1.807, 2.05) is 0 Å². The second-order valence-corrected chi connectivity index (χ2v) is 8.09. The summed E-state index contributed by atoms with van der Waals surface area (Å²) in [6.45, 7) is 1.71. The van der Waals surface area contributed by atoms with Gasteiger partial charge < -0.3 is 4.90 Å². The first-order chi connectivity index (χ1) is 14.3. The number of aromatic nitrogens is 2. The smallest absolute Gasteiger partial charge is 0.278 e. The van der Waals surface area contributed by atoms with Gasteiger partial charge in [0.15, 0.2) is 5.69 Å². The van der Waals surface area contributed by atoms with E-state index < -0.39 is 17.2 Å². The van der Waals surface area contributed by atoms with Crippen LogP contribution < -0.4 is 5.43 Å². The molecule has 2 aromatic carbocycles. The van der Waals surface area contributed by atoms with Gasteiger partial charge in [0, 0.05) is 33.4 Å². The Morgan fingerprint density at radius 2 is 1.90 bits per heavy atom. The van der Waals surface area contributed by atoms with Crippen molar-refractivity contribution in [1.82, 2.24) is 14.7 Å². The molecule has 1 saturated carbocycles. The van der Waals surface area contributed by atoms with Gasteiger partial charge in [-0.2, -0.15) is 5.10 Å². The molecule has 1 amide bonds. The van der Waals surface area contributed by atoms with E-state index in [2.05, 4.69) is 5.10 Å². The number of halogens is 3. The molecule has 1 heterocycles. The zero-order valence-electron chi connectivity index (χ0n) is 16.1. The second kappa shape index (κ2) is 8.20. The first-order valence-electron chi connectivity index (χ1n) is 9.46. The molecule has 0 bridgehead atoms. The fourth-order valence-electron chi connectivity index (χ4n) is 3.28. The summed E-state index contributed by atoms with van der Waals surface area (Å²) >= 11 is 12.1. The molecule has 1 aromatic heterocycles. The van der Waals surface area contributed by atoms with Crippen LogP contribution in [0.25, 0.3) is 5.69 Å². The Morgan fingerprint density at radius 1 is 1.20 bits per heavy atom. The highest BCUT2D eigenvalue weighted by molar-refractivity contribution is 6.31. The highest BCUT2D eigenvalue weighted by Gasteiger charge is 2.35. The van der Waals surface area contributed by atoms with Crippen LogP contribution in [0.3, 0.4) is 0 Å². The van der Waals surface area contributed by atoms with Crippen molar-refractivity contribution in [3.8, 4) is 5.69 Å². The Labute approximate surface area is 182 Å². The summed E-state index contributed by atoms with van der Waals surface area (Å²) < 4.78 is 15.8. The molecule has 8 heteroatoms. The number of benzene rings is 2. The van der Waals surface area contributed by atoms with E-state index in [4.69, 9.17) is 23.2 Å². The molecule has 0 aliphatic heterocycles. The summed E-state index contributed by atoms with van der Waals surface area (Å²) in [7, 11) is 0. The predicted molar refractivity (Wildman–Crippen MR) is 114 cm³/mol. The van der Waals surface area contributed by atoms with Gasteiger partial charge in [-0.25, -0.2) is 9.07 Å². The third-order valence-corrected chi connectivity index (χ3v) is 5.63. The number of hydrogen-bond donors (Lipinski definition) is 0.